The van der Waals surface area contributed by atoms with E-state index in [4.69, 9.17) is 0 Å². The summed E-state index contributed by atoms with van der Waals surface area (Å²) in [6.45, 7) is 1.16. The van der Waals surface area contributed by atoms with Crippen molar-refractivity contribution in [1.29, 1.82) is 0 Å². The average Bonchev–Trinajstić information content (AvgIpc) is 2.18. The number of hydrogen-bond donors (Lipinski definition) is 0. The highest BCUT2D eigenvalue weighted by Crippen LogP contribution is 2.29. The van der Waals surface area contributed by atoms with Gasteiger partial charge in [0.15, 0.2) is 6.29 Å². The zero-order chi connectivity index (χ0) is 13.2. The van der Waals surface area contributed by atoms with Crippen molar-refractivity contribution in [3.8, 4) is 5.88 Å². The van der Waals surface area contributed by atoms with E-state index in [1.54, 1.807) is 0 Å². The van der Waals surface area contributed by atoms with Crippen LogP contribution in [0.5, 0.6) is 5.88 Å². The number of halogens is 5. The van der Waals surface area contributed by atoms with Crippen LogP contribution in [0.2, 0.25) is 0 Å². The molecule has 17 heavy (non-hydrogen) atoms. The second kappa shape index (κ2) is 4.64. The van der Waals surface area contributed by atoms with Crippen molar-refractivity contribution in [1.82, 2.24) is 4.98 Å². The van der Waals surface area contributed by atoms with Gasteiger partial charge in [0.25, 0.3) is 6.43 Å². The fourth-order valence-electron chi connectivity index (χ4n) is 1.11. The van der Waals surface area contributed by atoms with Crippen LogP contribution in [0, 0.1) is 6.92 Å². The fourth-order valence-corrected chi connectivity index (χ4v) is 1.11. The van der Waals surface area contributed by atoms with Crippen LogP contribution in [0.4, 0.5) is 22.0 Å². The van der Waals surface area contributed by atoms with Gasteiger partial charge in [-0.05, 0) is 13.0 Å². The molecule has 1 aromatic rings. The number of carbonyl (C=O) groups is 1. The fraction of sp³-hybridized carbons (Fsp3) is 0.333. The summed E-state index contributed by atoms with van der Waals surface area (Å²) >= 11 is 0. The third-order valence-electron chi connectivity index (χ3n) is 1.77. The molecule has 1 aromatic heterocycles. The van der Waals surface area contributed by atoms with Gasteiger partial charge in [0.1, 0.15) is 5.69 Å². The van der Waals surface area contributed by atoms with Gasteiger partial charge in [0.05, 0.1) is 0 Å². The van der Waals surface area contributed by atoms with Gasteiger partial charge in [-0.2, -0.15) is 0 Å². The van der Waals surface area contributed by atoms with Crippen molar-refractivity contribution in [2.45, 2.75) is 19.7 Å². The topological polar surface area (TPSA) is 39.2 Å². The van der Waals surface area contributed by atoms with E-state index in [0.29, 0.717) is 0 Å². The van der Waals surface area contributed by atoms with Crippen LogP contribution in [0.25, 0.3) is 0 Å². The maximum atomic E-state index is 12.4. The largest absolute Gasteiger partial charge is 0.574 e. The highest BCUT2D eigenvalue weighted by Gasteiger charge is 2.33. The molecule has 0 saturated carbocycles. The summed E-state index contributed by atoms with van der Waals surface area (Å²) in [6, 6.07) is 0.864. The van der Waals surface area contributed by atoms with Crippen molar-refractivity contribution >= 4 is 6.29 Å². The molecule has 0 spiro atoms. The molecule has 8 heteroatoms. The first-order valence-electron chi connectivity index (χ1n) is 4.25. The van der Waals surface area contributed by atoms with E-state index >= 15 is 0 Å². The summed E-state index contributed by atoms with van der Waals surface area (Å²) in [5, 5.41) is 0. The van der Waals surface area contributed by atoms with Gasteiger partial charge >= 0.3 is 6.36 Å². The lowest BCUT2D eigenvalue weighted by Crippen LogP contribution is -2.19. The summed E-state index contributed by atoms with van der Waals surface area (Å²) in [5.74, 6) is -0.988. The van der Waals surface area contributed by atoms with Crippen LogP contribution in [-0.4, -0.2) is 17.6 Å². The van der Waals surface area contributed by atoms with Crippen molar-refractivity contribution < 1.29 is 31.5 Å². The number of ether oxygens (including phenoxy) is 1. The summed E-state index contributed by atoms with van der Waals surface area (Å²) in [4.78, 5) is 13.4. The smallest absolute Gasteiger partial charge is 0.388 e. The number of alkyl halides is 5. The Labute approximate surface area is 92.2 Å². The molecule has 1 rings (SSSR count). The molecule has 1 heterocycles. The minimum atomic E-state index is -5.03. The number of carbonyl (C=O) groups excluding carboxylic acids is 1. The van der Waals surface area contributed by atoms with Crippen molar-refractivity contribution in [3.05, 3.63) is 22.9 Å². The Kier molecular flexibility index (Phi) is 3.64. The molecule has 0 unspecified atom stereocenters. The van der Waals surface area contributed by atoms with Crippen molar-refractivity contribution in [3.63, 3.8) is 0 Å². The Bertz CT molecular complexity index is 430. The van der Waals surface area contributed by atoms with Crippen LogP contribution in [0.3, 0.4) is 0 Å². The Morgan fingerprint density at radius 2 is 2.00 bits per heavy atom. The van der Waals surface area contributed by atoms with Gasteiger partial charge < -0.3 is 4.74 Å². The summed E-state index contributed by atoms with van der Waals surface area (Å²) in [6.07, 6.45) is -8.09. The van der Waals surface area contributed by atoms with E-state index in [-0.39, 0.29) is 11.8 Å². The molecule has 3 nitrogen and oxygen atoms in total. The van der Waals surface area contributed by atoms with Crippen LogP contribution < -0.4 is 4.74 Å². The number of aromatic nitrogens is 1. The minimum absolute atomic E-state index is 0.0961. The van der Waals surface area contributed by atoms with Crippen LogP contribution in [0.15, 0.2) is 6.07 Å². The van der Waals surface area contributed by atoms with Crippen LogP contribution in [0.1, 0.15) is 28.0 Å². The molecule has 0 fully saturated rings. The molecular formula is C9H6F5NO2. The average molecular weight is 255 g/mol. The van der Waals surface area contributed by atoms with E-state index in [1.807, 2.05) is 0 Å². The Balaban J connectivity index is 3.24. The summed E-state index contributed by atoms with van der Waals surface area (Å²) < 4.78 is 64.0. The van der Waals surface area contributed by atoms with Gasteiger partial charge in [-0.1, -0.05) is 0 Å². The molecule has 0 amide bonds. The standard InChI is InChI=1S/C9H6F5NO2/c1-4-2-5(3-16)6(7(10)11)15-8(4)17-9(12,13)14/h2-3,7H,1H3. The lowest BCUT2D eigenvalue weighted by Gasteiger charge is -2.12. The number of aryl methyl sites for hydroxylation is 1. The minimum Gasteiger partial charge on any atom is -0.388 e. The van der Waals surface area contributed by atoms with Gasteiger partial charge in [-0.25, -0.2) is 13.8 Å². The molecule has 0 saturated heterocycles. The number of aldehydes is 1. The monoisotopic (exact) mass is 255 g/mol. The zero-order valence-electron chi connectivity index (χ0n) is 8.39. The van der Waals surface area contributed by atoms with Crippen LogP contribution >= 0.6 is 0 Å². The molecule has 0 atom stereocenters. The van der Waals surface area contributed by atoms with Crippen LogP contribution in [-0.2, 0) is 0 Å². The lowest BCUT2D eigenvalue weighted by molar-refractivity contribution is -0.276. The molecule has 0 radical (unpaired) electrons. The predicted molar refractivity (Wildman–Crippen MR) is 46.0 cm³/mol. The molecule has 0 N–H and O–H groups in total. The quantitative estimate of drug-likeness (QED) is 0.615. The molecule has 0 aliphatic carbocycles. The first-order chi connectivity index (χ1) is 7.74. The number of nitrogens with zero attached hydrogens (tertiary/aromatic N) is 1. The number of hydrogen-bond acceptors (Lipinski definition) is 3. The highest BCUT2D eigenvalue weighted by atomic mass is 19.4. The third kappa shape index (κ3) is 3.36. The first-order valence-corrected chi connectivity index (χ1v) is 4.25. The number of rotatable bonds is 3. The van der Waals surface area contributed by atoms with Crippen molar-refractivity contribution in [2.24, 2.45) is 0 Å². The second-order valence-electron chi connectivity index (χ2n) is 3.05. The van der Waals surface area contributed by atoms with E-state index in [9.17, 15) is 26.7 Å². The maximum absolute atomic E-state index is 12.4. The van der Waals surface area contributed by atoms with E-state index in [2.05, 4.69) is 9.72 Å². The lowest BCUT2D eigenvalue weighted by atomic mass is 10.1. The Hall–Kier alpha value is -1.73. The first kappa shape index (κ1) is 13.3. The van der Waals surface area contributed by atoms with E-state index < -0.39 is 29.9 Å². The normalized spacial score (nSPS) is 11.7. The predicted octanol–water partition coefficient (Wildman–Crippen LogP) is 3.04. The Morgan fingerprint density at radius 1 is 1.41 bits per heavy atom. The summed E-state index contributed by atoms with van der Waals surface area (Å²) in [7, 11) is 0. The van der Waals surface area contributed by atoms with Gasteiger partial charge in [-0.15, -0.1) is 13.2 Å². The third-order valence-corrected chi connectivity index (χ3v) is 1.77. The Morgan fingerprint density at radius 3 is 2.41 bits per heavy atom. The van der Waals surface area contributed by atoms with E-state index in [1.165, 1.54) is 0 Å². The zero-order valence-corrected chi connectivity index (χ0v) is 8.39. The number of pyridine rings is 1. The molecule has 0 aromatic carbocycles. The van der Waals surface area contributed by atoms with Gasteiger partial charge in [0.2, 0.25) is 5.88 Å². The molecule has 0 aliphatic rings. The molecule has 0 aliphatic heterocycles. The molecular weight excluding hydrogens is 249 g/mol. The molecule has 94 valence electrons. The van der Waals surface area contributed by atoms with Gasteiger partial charge in [0, 0.05) is 11.1 Å². The summed E-state index contributed by atoms with van der Waals surface area (Å²) in [5.41, 5.74) is -1.66. The molecule has 0 bridgehead atoms. The maximum Gasteiger partial charge on any atom is 0.574 e. The SMILES string of the molecule is Cc1cc(C=O)c(C(F)F)nc1OC(F)(F)F. The second-order valence-corrected chi connectivity index (χ2v) is 3.05. The van der Waals surface area contributed by atoms with Crippen molar-refractivity contribution in [2.75, 3.05) is 0 Å². The van der Waals surface area contributed by atoms with Gasteiger partial charge in [-0.3, -0.25) is 4.79 Å². The highest BCUT2D eigenvalue weighted by molar-refractivity contribution is 5.77. The van der Waals surface area contributed by atoms with E-state index in [0.717, 1.165) is 13.0 Å².